The summed E-state index contributed by atoms with van der Waals surface area (Å²) in [6.07, 6.45) is 1.01. The molecule has 0 aliphatic carbocycles. The summed E-state index contributed by atoms with van der Waals surface area (Å²) in [6.45, 7) is 0.366. The van der Waals surface area contributed by atoms with Gasteiger partial charge in [-0.3, -0.25) is 10.1 Å². The molecule has 1 aromatic carbocycles. The van der Waals surface area contributed by atoms with Crippen molar-refractivity contribution in [2.75, 3.05) is 6.61 Å². The molecule has 0 N–H and O–H groups in total. The number of nitro benzene ring substituents is 1. The second kappa shape index (κ2) is 5.93. The lowest BCUT2D eigenvalue weighted by Crippen LogP contribution is -1.97. The molecule has 0 heterocycles. The SMILES string of the molecule is N#CCCCOc1ccc([N+](=O)[O-])cc1Cl. The van der Waals surface area contributed by atoms with Gasteiger partial charge in [0.25, 0.3) is 5.69 Å². The maximum Gasteiger partial charge on any atom is 0.271 e. The molecule has 0 saturated carbocycles. The lowest BCUT2D eigenvalue weighted by Gasteiger charge is -2.06. The van der Waals surface area contributed by atoms with Crippen molar-refractivity contribution in [2.24, 2.45) is 0 Å². The molecule has 1 aromatic rings. The number of ether oxygens (including phenoxy) is 1. The van der Waals surface area contributed by atoms with Crippen LogP contribution in [0.3, 0.4) is 0 Å². The highest BCUT2D eigenvalue weighted by atomic mass is 35.5. The first kappa shape index (κ1) is 12.3. The molecule has 6 heteroatoms. The van der Waals surface area contributed by atoms with Crippen LogP contribution in [-0.4, -0.2) is 11.5 Å². The van der Waals surface area contributed by atoms with Crippen molar-refractivity contribution in [3.8, 4) is 11.8 Å². The molecule has 16 heavy (non-hydrogen) atoms. The van der Waals surface area contributed by atoms with Crippen LogP contribution in [0.2, 0.25) is 5.02 Å². The fourth-order valence-electron chi connectivity index (χ4n) is 1.05. The van der Waals surface area contributed by atoms with Gasteiger partial charge in [0.1, 0.15) is 5.75 Å². The number of hydrogen-bond acceptors (Lipinski definition) is 4. The molecule has 0 aromatic heterocycles. The Bertz CT molecular complexity index is 429. The number of halogens is 1. The summed E-state index contributed by atoms with van der Waals surface area (Å²) in [5, 5.41) is 18.9. The molecule has 0 amide bonds. The minimum Gasteiger partial charge on any atom is -0.492 e. The Hall–Kier alpha value is -1.80. The highest BCUT2D eigenvalue weighted by Crippen LogP contribution is 2.28. The summed E-state index contributed by atoms with van der Waals surface area (Å²) < 4.78 is 5.27. The number of rotatable bonds is 5. The zero-order valence-electron chi connectivity index (χ0n) is 8.35. The van der Waals surface area contributed by atoms with Crippen molar-refractivity contribution < 1.29 is 9.66 Å². The van der Waals surface area contributed by atoms with Gasteiger partial charge in [0.2, 0.25) is 0 Å². The number of nitro groups is 1. The van der Waals surface area contributed by atoms with Crippen LogP contribution >= 0.6 is 11.6 Å². The lowest BCUT2D eigenvalue weighted by atomic mass is 10.3. The first-order valence-corrected chi connectivity index (χ1v) is 4.96. The Labute approximate surface area is 97.4 Å². The van der Waals surface area contributed by atoms with Crippen molar-refractivity contribution in [1.82, 2.24) is 0 Å². The molecule has 1 rings (SSSR count). The van der Waals surface area contributed by atoms with Crippen molar-refractivity contribution in [2.45, 2.75) is 12.8 Å². The number of nitriles is 1. The van der Waals surface area contributed by atoms with Gasteiger partial charge in [-0.2, -0.15) is 5.26 Å². The Balaban J connectivity index is 2.62. The van der Waals surface area contributed by atoms with Gasteiger partial charge in [-0.15, -0.1) is 0 Å². The molecule has 84 valence electrons. The van der Waals surface area contributed by atoms with E-state index < -0.39 is 4.92 Å². The van der Waals surface area contributed by atoms with E-state index in [4.69, 9.17) is 21.6 Å². The van der Waals surface area contributed by atoms with E-state index in [9.17, 15) is 10.1 Å². The van der Waals surface area contributed by atoms with Gasteiger partial charge < -0.3 is 4.74 Å². The van der Waals surface area contributed by atoms with Gasteiger partial charge >= 0.3 is 0 Å². The van der Waals surface area contributed by atoms with Gasteiger partial charge in [-0.1, -0.05) is 11.6 Å². The second-order valence-corrected chi connectivity index (χ2v) is 3.39. The topological polar surface area (TPSA) is 76.2 Å². The van der Waals surface area contributed by atoms with E-state index in [0.29, 0.717) is 25.2 Å². The van der Waals surface area contributed by atoms with E-state index in [0.717, 1.165) is 0 Å². The third kappa shape index (κ3) is 3.41. The van der Waals surface area contributed by atoms with Crippen molar-refractivity contribution in [1.29, 1.82) is 5.26 Å². The van der Waals surface area contributed by atoms with E-state index >= 15 is 0 Å². The summed E-state index contributed by atoms with van der Waals surface area (Å²) in [4.78, 5) is 9.91. The molecule has 0 radical (unpaired) electrons. The zero-order valence-corrected chi connectivity index (χ0v) is 9.11. The maximum atomic E-state index is 10.4. The largest absolute Gasteiger partial charge is 0.492 e. The van der Waals surface area contributed by atoms with E-state index in [2.05, 4.69) is 0 Å². The summed E-state index contributed by atoms with van der Waals surface area (Å²) in [5.41, 5.74) is -0.0747. The number of hydrogen-bond donors (Lipinski definition) is 0. The molecule has 0 fully saturated rings. The smallest absolute Gasteiger partial charge is 0.271 e. The van der Waals surface area contributed by atoms with Crippen molar-refractivity contribution in [3.05, 3.63) is 33.3 Å². The van der Waals surface area contributed by atoms with Crippen LogP contribution in [0.25, 0.3) is 0 Å². The van der Waals surface area contributed by atoms with Crippen molar-refractivity contribution >= 4 is 17.3 Å². The predicted octanol–water partition coefficient (Wildman–Crippen LogP) is 2.93. The summed E-state index contributed by atoms with van der Waals surface area (Å²) >= 11 is 5.79. The number of unbranched alkanes of at least 4 members (excludes halogenated alkanes) is 1. The molecule has 0 aliphatic rings. The maximum absolute atomic E-state index is 10.4. The van der Waals surface area contributed by atoms with Crippen molar-refractivity contribution in [3.63, 3.8) is 0 Å². The van der Waals surface area contributed by atoms with Gasteiger partial charge in [0, 0.05) is 18.6 Å². The summed E-state index contributed by atoms with van der Waals surface area (Å²) in [6, 6.07) is 6.00. The average Bonchev–Trinajstić information content (AvgIpc) is 2.26. The van der Waals surface area contributed by atoms with Gasteiger partial charge in [-0.05, 0) is 12.5 Å². The third-order valence-electron chi connectivity index (χ3n) is 1.82. The van der Waals surface area contributed by atoms with Crippen LogP contribution in [0.1, 0.15) is 12.8 Å². The fourth-order valence-corrected chi connectivity index (χ4v) is 1.28. The van der Waals surface area contributed by atoms with Crippen LogP contribution in [0, 0.1) is 21.4 Å². The summed E-state index contributed by atoms with van der Waals surface area (Å²) in [7, 11) is 0. The summed E-state index contributed by atoms with van der Waals surface area (Å²) in [5.74, 6) is 0.394. The minimum atomic E-state index is -0.522. The predicted molar refractivity (Wildman–Crippen MR) is 58.4 cm³/mol. The van der Waals surface area contributed by atoms with Crippen LogP contribution in [-0.2, 0) is 0 Å². The van der Waals surface area contributed by atoms with E-state index in [1.165, 1.54) is 18.2 Å². The van der Waals surface area contributed by atoms with Gasteiger partial charge in [0.05, 0.1) is 22.6 Å². The Morgan fingerprint density at radius 1 is 1.56 bits per heavy atom. The fraction of sp³-hybridized carbons (Fsp3) is 0.300. The van der Waals surface area contributed by atoms with Crippen LogP contribution in [0.4, 0.5) is 5.69 Å². The standard InChI is InChI=1S/C10H9ClN2O3/c11-9-7-8(13(14)15)3-4-10(9)16-6-2-1-5-12/h3-4,7H,1-2,6H2. The first-order chi connectivity index (χ1) is 7.65. The zero-order chi connectivity index (χ0) is 12.0. The number of nitrogens with zero attached hydrogens (tertiary/aromatic N) is 2. The second-order valence-electron chi connectivity index (χ2n) is 2.98. The quantitative estimate of drug-likeness (QED) is 0.450. The minimum absolute atomic E-state index is 0.0747. The Morgan fingerprint density at radius 2 is 2.31 bits per heavy atom. The molecule has 0 atom stereocenters. The molecule has 0 unspecified atom stereocenters. The lowest BCUT2D eigenvalue weighted by molar-refractivity contribution is -0.384. The van der Waals surface area contributed by atoms with Crippen LogP contribution in [0.15, 0.2) is 18.2 Å². The molecule has 0 saturated heterocycles. The number of benzene rings is 1. The molecule has 0 aliphatic heterocycles. The van der Waals surface area contributed by atoms with E-state index in [1.807, 2.05) is 6.07 Å². The van der Waals surface area contributed by atoms with Crippen LogP contribution in [0.5, 0.6) is 5.75 Å². The molecular formula is C10H9ClN2O3. The highest BCUT2D eigenvalue weighted by molar-refractivity contribution is 6.32. The van der Waals surface area contributed by atoms with Crippen LogP contribution < -0.4 is 4.74 Å². The van der Waals surface area contributed by atoms with Gasteiger partial charge in [0.15, 0.2) is 0 Å². The normalized spacial score (nSPS) is 9.50. The van der Waals surface area contributed by atoms with E-state index in [1.54, 1.807) is 0 Å². The number of non-ortho nitro benzene ring substituents is 1. The highest BCUT2D eigenvalue weighted by Gasteiger charge is 2.09. The monoisotopic (exact) mass is 240 g/mol. The molecule has 5 nitrogen and oxygen atoms in total. The molecule has 0 bridgehead atoms. The third-order valence-corrected chi connectivity index (χ3v) is 2.11. The van der Waals surface area contributed by atoms with E-state index in [-0.39, 0.29) is 10.7 Å². The Kier molecular flexibility index (Phi) is 4.55. The molecular weight excluding hydrogens is 232 g/mol. The van der Waals surface area contributed by atoms with Gasteiger partial charge in [-0.25, -0.2) is 0 Å². The molecule has 0 spiro atoms. The average molecular weight is 241 g/mol. The Morgan fingerprint density at radius 3 is 2.88 bits per heavy atom. The first-order valence-electron chi connectivity index (χ1n) is 4.59.